The number of alkyl halides is 3. The predicted molar refractivity (Wildman–Crippen MR) is 77.5 cm³/mol. The first-order valence-electron chi connectivity index (χ1n) is 7.55. The fourth-order valence-corrected chi connectivity index (χ4v) is 3.31. The number of hydrogen-bond donors (Lipinski definition) is 2. The van der Waals surface area contributed by atoms with Crippen LogP contribution in [0, 0.1) is 11.3 Å². The van der Waals surface area contributed by atoms with Gasteiger partial charge in [0.1, 0.15) is 0 Å². The highest BCUT2D eigenvalue weighted by Gasteiger charge is 2.68. The van der Waals surface area contributed by atoms with Crippen molar-refractivity contribution in [2.45, 2.75) is 50.9 Å². The fourth-order valence-electron chi connectivity index (χ4n) is 3.31. The largest absolute Gasteiger partial charge is 0.392 e. The van der Waals surface area contributed by atoms with Crippen molar-refractivity contribution >= 4 is 11.9 Å². The third kappa shape index (κ3) is 3.11. The molecule has 0 aliphatic heterocycles. The summed E-state index contributed by atoms with van der Waals surface area (Å²) in [5, 5.41) is 5.93. The summed E-state index contributed by atoms with van der Waals surface area (Å²) in [6, 6.07) is 1.60. The van der Waals surface area contributed by atoms with E-state index in [0.717, 1.165) is 0 Å². The van der Waals surface area contributed by atoms with Gasteiger partial charge >= 0.3 is 6.18 Å². The number of amides is 1. The van der Waals surface area contributed by atoms with Crippen LogP contribution in [0.15, 0.2) is 18.5 Å². The Labute approximate surface area is 132 Å². The molecule has 1 heterocycles. The first-order chi connectivity index (χ1) is 10.6. The van der Waals surface area contributed by atoms with Gasteiger partial charge in [0.25, 0.3) is 0 Å². The molecule has 2 aliphatic carbocycles. The normalized spacial score (nSPS) is 36.0. The summed E-state index contributed by atoms with van der Waals surface area (Å²) in [5.74, 6) is -1.51. The quantitative estimate of drug-likeness (QED) is 0.891. The van der Waals surface area contributed by atoms with Gasteiger partial charge in [-0.05, 0) is 32.3 Å². The Morgan fingerprint density at radius 1 is 1.22 bits per heavy atom. The smallest absolute Gasteiger partial charge is 0.353 e. The van der Waals surface area contributed by atoms with E-state index >= 15 is 0 Å². The number of rotatable bonds is 4. The van der Waals surface area contributed by atoms with E-state index in [2.05, 4.69) is 20.6 Å². The van der Waals surface area contributed by atoms with Crippen LogP contribution < -0.4 is 10.6 Å². The van der Waals surface area contributed by atoms with E-state index in [1.807, 2.05) is 6.92 Å². The van der Waals surface area contributed by atoms with Gasteiger partial charge in [0.2, 0.25) is 11.9 Å². The van der Waals surface area contributed by atoms with Crippen molar-refractivity contribution in [3.05, 3.63) is 18.5 Å². The molecule has 0 radical (unpaired) electrons. The van der Waals surface area contributed by atoms with Crippen LogP contribution in [0.25, 0.3) is 0 Å². The van der Waals surface area contributed by atoms with Gasteiger partial charge in [0.05, 0.1) is 11.3 Å². The Bertz CT molecular complexity index is 600. The van der Waals surface area contributed by atoms with E-state index in [1.165, 1.54) is 6.92 Å². The third-order valence-electron chi connectivity index (χ3n) is 4.86. The molecular formula is C15H19F3N4O. The van der Waals surface area contributed by atoms with E-state index in [1.54, 1.807) is 18.5 Å². The van der Waals surface area contributed by atoms with Crippen LogP contribution in [-0.2, 0) is 4.79 Å². The molecule has 3 rings (SSSR count). The highest BCUT2D eigenvalue weighted by Crippen LogP contribution is 2.60. The predicted octanol–water partition coefficient (Wildman–Crippen LogP) is 2.51. The third-order valence-corrected chi connectivity index (χ3v) is 4.86. The number of carbonyl (C=O) groups is 1. The zero-order chi connectivity index (χ0) is 16.9. The molecule has 2 atom stereocenters. The summed E-state index contributed by atoms with van der Waals surface area (Å²) >= 11 is 0. The van der Waals surface area contributed by atoms with Crippen LogP contribution in [0.2, 0.25) is 0 Å². The van der Waals surface area contributed by atoms with Gasteiger partial charge in [-0.15, -0.1) is 0 Å². The molecule has 1 aromatic heterocycles. The van der Waals surface area contributed by atoms with E-state index in [9.17, 15) is 18.0 Å². The lowest BCUT2D eigenvalue weighted by atomic mass is 9.74. The molecule has 0 spiro atoms. The molecule has 0 bridgehead atoms. The molecule has 5 nitrogen and oxygen atoms in total. The maximum Gasteiger partial charge on any atom is 0.392 e. The number of aromatic nitrogens is 2. The molecule has 1 amide bonds. The monoisotopic (exact) mass is 328 g/mol. The van der Waals surface area contributed by atoms with E-state index in [0.29, 0.717) is 18.8 Å². The molecule has 0 saturated heterocycles. The molecule has 8 heteroatoms. The summed E-state index contributed by atoms with van der Waals surface area (Å²) in [5.41, 5.74) is -1.56. The van der Waals surface area contributed by atoms with Gasteiger partial charge in [-0.2, -0.15) is 13.2 Å². The minimum atomic E-state index is -4.30. The molecular weight excluding hydrogens is 309 g/mol. The lowest BCUT2D eigenvalue weighted by Gasteiger charge is -2.46. The Morgan fingerprint density at radius 2 is 1.83 bits per heavy atom. The van der Waals surface area contributed by atoms with Gasteiger partial charge in [0, 0.05) is 24.0 Å². The fraction of sp³-hybridized carbons (Fsp3) is 0.667. The molecule has 2 aliphatic rings. The van der Waals surface area contributed by atoms with Gasteiger partial charge in [-0.1, -0.05) is 6.92 Å². The molecule has 2 N–H and O–H groups in total. The second-order valence-corrected chi connectivity index (χ2v) is 7.05. The summed E-state index contributed by atoms with van der Waals surface area (Å²) in [4.78, 5) is 20.3. The van der Waals surface area contributed by atoms with Gasteiger partial charge in [0.15, 0.2) is 0 Å². The first-order valence-corrected chi connectivity index (χ1v) is 7.55. The molecule has 0 aromatic carbocycles. The minimum Gasteiger partial charge on any atom is -0.353 e. The van der Waals surface area contributed by atoms with Crippen molar-refractivity contribution in [1.29, 1.82) is 0 Å². The molecule has 2 fully saturated rings. The van der Waals surface area contributed by atoms with Gasteiger partial charge < -0.3 is 10.6 Å². The molecule has 1 aromatic rings. The molecule has 23 heavy (non-hydrogen) atoms. The Kier molecular flexibility index (Phi) is 3.53. The van der Waals surface area contributed by atoms with Crippen LogP contribution in [-0.4, -0.2) is 33.6 Å². The zero-order valence-electron chi connectivity index (χ0n) is 12.9. The van der Waals surface area contributed by atoms with E-state index in [4.69, 9.17) is 0 Å². The van der Waals surface area contributed by atoms with Crippen LogP contribution in [0.4, 0.5) is 19.1 Å². The van der Waals surface area contributed by atoms with E-state index < -0.39 is 23.4 Å². The standard InChI is InChI=1S/C15H19F3N4O/c1-13(22-12-19-4-3-5-20-12)6-9(7-13)21-11(23)14(2)8-10(14)15(16,17)18/h3-5,9-10H,6-8H2,1-2H3,(H,21,23)(H,19,20,22). The molecule has 2 unspecified atom stereocenters. The Balaban J connectivity index is 1.50. The van der Waals surface area contributed by atoms with Crippen molar-refractivity contribution < 1.29 is 18.0 Å². The summed E-state index contributed by atoms with van der Waals surface area (Å²) in [7, 11) is 0. The van der Waals surface area contributed by atoms with Crippen molar-refractivity contribution in [3.8, 4) is 0 Å². The number of nitrogens with one attached hydrogen (secondary N) is 2. The molecule has 126 valence electrons. The summed E-state index contributed by atoms with van der Waals surface area (Å²) < 4.78 is 38.1. The van der Waals surface area contributed by atoms with Gasteiger partial charge in [-0.25, -0.2) is 9.97 Å². The van der Waals surface area contributed by atoms with Crippen LogP contribution in [0.5, 0.6) is 0 Å². The summed E-state index contributed by atoms with van der Waals surface area (Å²) in [6.45, 7) is 3.36. The first kappa shape index (κ1) is 16.0. The van der Waals surface area contributed by atoms with Crippen LogP contribution >= 0.6 is 0 Å². The number of halogens is 3. The van der Waals surface area contributed by atoms with Crippen molar-refractivity contribution in [3.63, 3.8) is 0 Å². The average Bonchev–Trinajstić information content (AvgIpc) is 3.12. The number of hydrogen-bond acceptors (Lipinski definition) is 4. The van der Waals surface area contributed by atoms with Crippen LogP contribution in [0.3, 0.4) is 0 Å². The lowest BCUT2D eigenvalue weighted by Crippen LogP contribution is -2.58. The van der Waals surface area contributed by atoms with Crippen molar-refractivity contribution in [2.75, 3.05) is 5.32 Å². The topological polar surface area (TPSA) is 66.9 Å². The average molecular weight is 328 g/mol. The SMILES string of the molecule is CC1(Nc2ncccn2)CC(NC(=O)C2(C)CC2C(F)(F)F)C1. The highest BCUT2D eigenvalue weighted by molar-refractivity contribution is 5.86. The van der Waals surface area contributed by atoms with Crippen molar-refractivity contribution in [1.82, 2.24) is 15.3 Å². The minimum absolute atomic E-state index is 0.116. The highest BCUT2D eigenvalue weighted by atomic mass is 19.4. The number of carbonyl (C=O) groups excluding carboxylic acids is 1. The van der Waals surface area contributed by atoms with E-state index in [-0.39, 0.29) is 18.0 Å². The zero-order valence-corrected chi connectivity index (χ0v) is 12.9. The lowest BCUT2D eigenvalue weighted by molar-refractivity contribution is -0.161. The van der Waals surface area contributed by atoms with Crippen molar-refractivity contribution in [2.24, 2.45) is 11.3 Å². The number of nitrogens with zero attached hydrogens (tertiary/aromatic N) is 2. The maximum atomic E-state index is 12.7. The second kappa shape index (κ2) is 5.07. The maximum absolute atomic E-state index is 12.7. The van der Waals surface area contributed by atoms with Gasteiger partial charge in [-0.3, -0.25) is 4.79 Å². The number of anilines is 1. The molecule has 2 saturated carbocycles. The second-order valence-electron chi connectivity index (χ2n) is 7.05. The Morgan fingerprint density at radius 3 is 2.35 bits per heavy atom. The Hall–Kier alpha value is -1.86. The van der Waals surface area contributed by atoms with Crippen LogP contribution in [0.1, 0.15) is 33.1 Å². The summed E-state index contributed by atoms with van der Waals surface area (Å²) in [6.07, 6.45) is 0.0893.